The normalized spacial score (nSPS) is 11.2. The van der Waals surface area contributed by atoms with Gasteiger partial charge in [0.05, 0.1) is 16.4 Å². The van der Waals surface area contributed by atoms with Crippen LogP contribution in [0.2, 0.25) is 0 Å². The van der Waals surface area contributed by atoms with Crippen molar-refractivity contribution >= 4 is 29.2 Å². The summed E-state index contributed by atoms with van der Waals surface area (Å²) in [6, 6.07) is 9.06. The molecule has 0 aliphatic rings. The summed E-state index contributed by atoms with van der Waals surface area (Å²) in [5.41, 5.74) is 0.970. The van der Waals surface area contributed by atoms with Gasteiger partial charge in [-0.25, -0.2) is 9.18 Å². The number of hydrogen-bond donors (Lipinski definition) is 0. The van der Waals surface area contributed by atoms with Gasteiger partial charge in [0, 0.05) is 11.3 Å². The summed E-state index contributed by atoms with van der Waals surface area (Å²) >= 11 is 1.34. The van der Waals surface area contributed by atoms with E-state index in [1.165, 1.54) is 28.8 Å². The number of amides is 1. The molecule has 0 saturated carbocycles. The molecule has 0 heterocycles. The molecule has 2 aromatic carbocycles. The first-order valence-corrected chi connectivity index (χ1v) is 10.2. The van der Waals surface area contributed by atoms with Crippen LogP contribution in [0.15, 0.2) is 41.3 Å². The van der Waals surface area contributed by atoms with Crippen LogP contribution in [0.25, 0.3) is 0 Å². The standard InChI is InChI=1S/C21H25FN2O4S/c1-6-29-18-12-17(11-14(2)19(18)24(26)27)23(20(25)28-21(3,4)5)13-15-7-9-16(22)10-8-15/h7-12H,6,13H2,1-5H3. The van der Waals surface area contributed by atoms with Crippen LogP contribution in [0.4, 0.5) is 20.6 Å². The number of carbonyl (C=O) groups is 1. The van der Waals surface area contributed by atoms with Gasteiger partial charge in [0.25, 0.3) is 5.69 Å². The molecule has 0 fully saturated rings. The lowest BCUT2D eigenvalue weighted by molar-refractivity contribution is -0.388. The van der Waals surface area contributed by atoms with Gasteiger partial charge in [0.1, 0.15) is 11.4 Å². The number of hydrogen-bond acceptors (Lipinski definition) is 5. The van der Waals surface area contributed by atoms with Gasteiger partial charge in [-0.1, -0.05) is 19.1 Å². The van der Waals surface area contributed by atoms with Crippen molar-refractivity contribution < 1.29 is 18.8 Å². The van der Waals surface area contributed by atoms with Gasteiger partial charge in [0.15, 0.2) is 0 Å². The second-order valence-electron chi connectivity index (χ2n) is 7.49. The maximum absolute atomic E-state index is 13.3. The Kier molecular flexibility index (Phi) is 7.24. The Bertz CT molecular complexity index is 895. The van der Waals surface area contributed by atoms with Crippen LogP contribution < -0.4 is 4.90 Å². The molecule has 156 valence electrons. The molecule has 0 saturated heterocycles. The van der Waals surface area contributed by atoms with E-state index in [0.717, 1.165) is 0 Å². The zero-order valence-corrected chi connectivity index (χ0v) is 18.0. The molecule has 1 amide bonds. The van der Waals surface area contributed by atoms with E-state index in [9.17, 15) is 19.3 Å². The maximum atomic E-state index is 13.3. The predicted octanol–water partition coefficient (Wildman–Crippen LogP) is 6.10. The van der Waals surface area contributed by atoms with Crippen molar-refractivity contribution in [2.24, 2.45) is 0 Å². The minimum absolute atomic E-state index is 0.0338. The van der Waals surface area contributed by atoms with Crippen molar-refractivity contribution in [1.82, 2.24) is 0 Å². The van der Waals surface area contributed by atoms with E-state index in [2.05, 4.69) is 0 Å². The fourth-order valence-electron chi connectivity index (χ4n) is 2.73. The Hall–Kier alpha value is -2.61. The van der Waals surface area contributed by atoms with Gasteiger partial charge < -0.3 is 4.74 Å². The van der Waals surface area contributed by atoms with Crippen LogP contribution in [-0.2, 0) is 11.3 Å². The Balaban J connectivity index is 2.53. The fourth-order valence-corrected chi connectivity index (χ4v) is 3.62. The first-order chi connectivity index (χ1) is 13.5. The Morgan fingerprint density at radius 2 is 1.86 bits per heavy atom. The minimum Gasteiger partial charge on any atom is -0.443 e. The maximum Gasteiger partial charge on any atom is 0.415 e. The van der Waals surface area contributed by atoms with Crippen LogP contribution in [-0.4, -0.2) is 22.4 Å². The number of thioether (sulfide) groups is 1. The third-order valence-electron chi connectivity index (χ3n) is 3.91. The molecule has 6 nitrogen and oxygen atoms in total. The van der Waals surface area contributed by atoms with Crippen LogP contribution in [0.3, 0.4) is 0 Å². The summed E-state index contributed by atoms with van der Waals surface area (Å²) in [7, 11) is 0. The van der Waals surface area contributed by atoms with Gasteiger partial charge in [-0.2, -0.15) is 0 Å². The minimum atomic E-state index is -0.713. The molecule has 0 bridgehead atoms. The molecule has 2 rings (SSSR count). The SMILES string of the molecule is CCSc1cc(N(Cc2ccc(F)cc2)C(=O)OC(C)(C)C)cc(C)c1[N+](=O)[O-]. The van der Waals surface area contributed by atoms with E-state index in [-0.39, 0.29) is 18.0 Å². The van der Waals surface area contributed by atoms with Gasteiger partial charge in [-0.15, -0.1) is 11.8 Å². The highest BCUT2D eigenvalue weighted by atomic mass is 32.2. The van der Waals surface area contributed by atoms with E-state index in [1.807, 2.05) is 6.92 Å². The van der Waals surface area contributed by atoms with Gasteiger partial charge in [-0.05, 0) is 63.3 Å². The Morgan fingerprint density at radius 3 is 2.38 bits per heavy atom. The van der Waals surface area contributed by atoms with Crippen LogP contribution in [0.1, 0.15) is 38.8 Å². The average molecular weight is 421 g/mol. The van der Waals surface area contributed by atoms with Crippen LogP contribution in [0.5, 0.6) is 0 Å². The average Bonchev–Trinajstić information content (AvgIpc) is 2.59. The first-order valence-electron chi connectivity index (χ1n) is 9.18. The first kappa shape index (κ1) is 22.7. The lowest BCUT2D eigenvalue weighted by Gasteiger charge is -2.28. The highest BCUT2D eigenvalue weighted by Crippen LogP contribution is 2.37. The second kappa shape index (κ2) is 9.26. The second-order valence-corrected chi connectivity index (χ2v) is 8.80. The number of halogens is 1. The van der Waals surface area contributed by atoms with E-state index in [0.29, 0.717) is 27.5 Å². The zero-order valence-electron chi connectivity index (χ0n) is 17.2. The Morgan fingerprint density at radius 1 is 1.24 bits per heavy atom. The summed E-state index contributed by atoms with van der Waals surface area (Å²) < 4.78 is 18.8. The fraction of sp³-hybridized carbons (Fsp3) is 0.381. The van der Waals surface area contributed by atoms with Gasteiger partial charge >= 0.3 is 6.09 Å². The van der Waals surface area contributed by atoms with Crippen LogP contribution >= 0.6 is 11.8 Å². The number of benzene rings is 2. The topological polar surface area (TPSA) is 72.7 Å². The quantitative estimate of drug-likeness (QED) is 0.321. The van der Waals surface area contributed by atoms with E-state index >= 15 is 0 Å². The third kappa shape index (κ3) is 6.19. The molecule has 0 aliphatic carbocycles. The molecule has 0 unspecified atom stereocenters. The molecule has 0 spiro atoms. The smallest absolute Gasteiger partial charge is 0.415 e. The molecular weight excluding hydrogens is 395 g/mol. The number of aryl methyl sites for hydroxylation is 1. The third-order valence-corrected chi connectivity index (χ3v) is 4.82. The molecule has 0 aliphatic heterocycles. The molecule has 2 aromatic rings. The van der Waals surface area contributed by atoms with Crippen molar-refractivity contribution in [3.05, 3.63) is 63.5 Å². The van der Waals surface area contributed by atoms with Gasteiger partial charge in [0.2, 0.25) is 0 Å². The highest BCUT2D eigenvalue weighted by molar-refractivity contribution is 7.99. The van der Waals surface area contributed by atoms with E-state index in [4.69, 9.17) is 4.74 Å². The summed E-state index contributed by atoms with van der Waals surface area (Å²) in [6.45, 7) is 8.98. The molecular formula is C21H25FN2O4S. The van der Waals surface area contributed by atoms with Gasteiger partial charge in [-0.3, -0.25) is 15.0 Å². The molecule has 0 radical (unpaired) electrons. The Labute approximate surface area is 174 Å². The largest absolute Gasteiger partial charge is 0.443 e. The lowest BCUT2D eigenvalue weighted by Crippen LogP contribution is -2.36. The van der Waals surface area contributed by atoms with Crippen molar-refractivity contribution in [2.75, 3.05) is 10.7 Å². The summed E-state index contributed by atoms with van der Waals surface area (Å²) in [4.78, 5) is 25.9. The number of nitro groups is 1. The van der Waals surface area contributed by atoms with Crippen molar-refractivity contribution in [3.8, 4) is 0 Å². The summed E-state index contributed by atoms with van der Waals surface area (Å²) in [5.74, 6) is 0.277. The molecule has 0 atom stereocenters. The number of ether oxygens (including phenoxy) is 1. The lowest BCUT2D eigenvalue weighted by atomic mass is 10.1. The number of nitro benzene ring substituents is 1. The number of anilines is 1. The summed E-state index contributed by atoms with van der Waals surface area (Å²) in [5, 5.41) is 11.5. The highest BCUT2D eigenvalue weighted by Gasteiger charge is 2.27. The predicted molar refractivity (Wildman–Crippen MR) is 113 cm³/mol. The summed E-state index contributed by atoms with van der Waals surface area (Å²) in [6.07, 6.45) is -0.581. The van der Waals surface area contributed by atoms with E-state index < -0.39 is 16.6 Å². The molecule has 0 N–H and O–H groups in total. The number of nitrogens with zero attached hydrogens (tertiary/aromatic N) is 2. The van der Waals surface area contributed by atoms with Crippen molar-refractivity contribution in [3.63, 3.8) is 0 Å². The van der Waals surface area contributed by atoms with Crippen molar-refractivity contribution in [2.45, 2.75) is 51.7 Å². The molecule has 0 aromatic heterocycles. The molecule has 8 heteroatoms. The monoisotopic (exact) mass is 420 g/mol. The van der Waals surface area contributed by atoms with Crippen LogP contribution in [0, 0.1) is 22.9 Å². The van der Waals surface area contributed by atoms with Crippen molar-refractivity contribution in [1.29, 1.82) is 0 Å². The van der Waals surface area contributed by atoms with E-state index in [1.54, 1.807) is 52.0 Å². The zero-order chi connectivity index (χ0) is 21.8. The number of rotatable bonds is 6. The number of carbonyl (C=O) groups excluding carboxylic acids is 1. The molecule has 29 heavy (non-hydrogen) atoms.